The molecule has 8 heteroatoms. The van der Waals surface area contributed by atoms with Gasteiger partial charge in [0.15, 0.2) is 0 Å². The lowest BCUT2D eigenvalue weighted by Crippen LogP contribution is -2.42. The SMILES string of the molecule is CCCN(C(=O)c1ccc(-n2ccnc2)nc1)C1CCNC1.Cl.Cl. The molecule has 1 fully saturated rings. The molecule has 0 spiro atoms. The number of nitrogens with zero attached hydrogens (tertiary/aromatic N) is 4. The van der Waals surface area contributed by atoms with Crippen molar-refractivity contribution in [2.75, 3.05) is 19.6 Å². The molecule has 1 atom stereocenters. The molecule has 0 radical (unpaired) electrons. The van der Waals surface area contributed by atoms with Gasteiger partial charge in [-0.05, 0) is 31.5 Å². The lowest BCUT2D eigenvalue weighted by Gasteiger charge is -2.28. The highest BCUT2D eigenvalue weighted by Crippen LogP contribution is 2.14. The smallest absolute Gasteiger partial charge is 0.255 e. The van der Waals surface area contributed by atoms with Gasteiger partial charge in [0.1, 0.15) is 12.1 Å². The Labute approximate surface area is 154 Å². The van der Waals surface area contributed by atoms with Crippen LogP contribution in [0.1, 0.15) is 30.1 Å². The molecule has 1 aliphatic heterocycles. The van der Waals surface area contributed by atoms with Crippen molar-refractivity contribution in [2.24, 2.45) is 0 Å². The molecule has 0 bridgehead atoms. The fourth-order valence-electron chi connectivity index (χ4n) is 2.82. The average Bonchev–Trinajstić information content (AvgIpc) is 3.25. The third-order valence-electron chi connectivity index (χ3n) is 3.96. The van der Waals surface area contributed by atoms with Gasteiger partial charge in [-0.3, -0.25) is 9.36 Å². The number of carbonyl (C=O) groups is 1. The molecule has 3 rings (SSSR count). The zero-order valence-corrected chi connectivity index (χ0v) is 15.2. The molecule has 1 unspecified atom stereocenters. The molecule has 1 saturated heterocycles. The molecule has 2 aromatic rings. The van der Waals surface area contributed by atoms with E-state index < -0.39 is 0 Å². The number of carbonyl (C=O) groups excluding carboxylic acids is 1. The Morgan fingerprint density at radius 2 is 2.25 bits per heavy atom. The minimum atomic E-state index is 0. The van der Waals surface area contributed by atoms with Crippen LogP contribution in [0, 0.1) is 0 Å². The molecule has 6 nitrogen and oxygen atoms in total. The number of pyridine rings is 1. The quantitative estimate of drug-likeness (QED) is 0.875. The Kier molecular flexibility index (Phi) is 8.18. The van der Waals surface area contributed by atoms with Crippen LogP contribution in [0.2, 0.25) is 0 Å². The Hall–Kier alpha value is -1.63. The van der Waals surface area contributed by atoms with Gasteiger partial charge >= 0.3 is 0 Å². The average molecular weight is 372 g/mol. The second-order valence-corrected chi connectivity index (χ2v) is 5.52. The number of aromatic nitrogens is 3. The zero-order valence-electron chi connectivity index (χ0n) is 13.6. The van der Waals surface area contributed by atoms with Gasteiger partial charge in [-0.1, -0.05) is 6.92 Å². The lowest BCUT2D eigenvalue weighted by molar-refractivity contribution is 0.0692. The third kappa shape index (κ3) is 4.47. The van der Waals surface area contributed by atoms with Gasteiger partial charge in [-0.25, -0.2) is 9.97 Å². The van der Waals surface area contributed by atoms with E-state index in [0.29, 0.717) is 11.6 Å². The number of halogens is 2. The number of nitrogens with one attached hydrogen (secondary N) is 1. The minimum absolute atomic E-state index is 0. The molecule has 3 heterocycles. The largest absolute Gasteiger partial charge is 0.334 e. The van der Waals surface area contributed by atoms with Crippen molar-refractivity contribution >= 4 is 30.7 Å². The van der Waals surface area contributed by atoms with E-state index in [9.17, 15) is 4.79 Å². The Balaban J connectivity index is 0.00000144. The van der Waals surface area contributed by atoms with E-state index in [1.165, 1.54) is 0 Å². The highest BCUT2D eigenvalue weighted by molar-refractivity contribution is 5.94. The van der Waals surface area contributed by atoms with E-state index in [1.54, 1.807) is 18.7 Å². The summed E-state index contributed by atoms with van der Waals surface area (Å²) in [6.07, 6.45) is 8.86. The van der Waals surface area contributed by atoms with Crippen LogP contribution in [0.3, 0.4) is 0 Å². The second kappa shape index (κ2) is 9.61. The Bertz CT molecular complexity index is 612. The summed E-state index contributed by atoms with van der Waals surface area (Å²) >= 11 is 0. The van der Waals surface area contributed by atoms with Crippen molar-refractivity contribution in [3.63, 3.8) is 0 Å². The molecule has 132 valence electrons. The predicted octanol–water partition coefficient (Wildman–Crippen LogP) is 2.33. The number of hydrogen-bond donors (Lipinski definition) is 1. The van der Waals surface area contributed by atoms with Gasteiger partial charge in [-0.2, -0.15) is 0 Å². The van der Waals surface area contributed by atoms with Gasteiger partial charge in [-0.15, -0.1) is 24.8 Å². The monoisotopic (exact) mass is 371 g/mol. The molecule has 1 N–H and O–H groups in total. The van der Waals surface area contributed by atoms with E-state index in [4.69, 9.17) is 0 Å². The molecule has 2 aromatic heterocycles. The first kappa shape index (κ1) is 20.4. The van der Waals surface area contributed by atoms with E-state index in [2.05, 4.69) is 22.2 Å². The van der Waals surface area contributed by atoms with Crippen LogP contribution in [-0.2, 0) is 0 Å². The third-order valence-corrected chi connectivity index (χ3v) is 3.96. The molecule has 0 aromatic carbocycles. The summed E-state index contributed by atoms with van der Waals surface area (Å²) < 4.78 is 1.82. The molecule has 1 aliphatic rings. The topological polar surface area (TPSA) is 63.1 Å². The van der Waals surface area contributed by atoms with E-state index in [0.717, 1.165) is 38.3 Å². The molecule has 24 heavy (non-hydrogen) atoms. The molecule has 1 amide bonds. The number of rotatable bonds is 5. The normalized spacial score (nSPS) is 16.1. The Morgan fingerprint density at radius 3 is 2.79 bits per heavy atom. The lowest BCUT2D eigenvalue weighted by atomic mass is 10.1. The maximum Gasteiger partial charge on any atom is 0.255 e. The zero-order chi connectivity index (χ0) is 15.4. The standard InChI is InChI=1S/C16H21N5O.2ClH/c1-2-8-21(14-5-6-17-11-14)16(22)13-3-4-15(19-10-13)20-9-7-18-12-20;;/h3-4,7,9-10,12,14,17H,2,5-6,8,11H2,1H3;2*1H. The van der Waals surface area contributed by atoms with Gasteiger partial charge in [0, 0.05) is 37.7 Å². The minimum Gasteiger partial charge on any atom is -0.334 e. The maximum absolute atomic E-state index is 12.8. The van der Waals surface area contributed by atoms with Crippen molar-refractivity contribution in [3.05, 3.63) is 42.6 Å². The van der Waals surface area contributed by atoms with E-state index in [1.807, 2.05) is 27.8 Å². The van der Waals surface area contributed by atoms with Crippen LogP contribution in [0.4, 0.5) is 0 Å². The summed E-state index contributed by atoms with van der Waals surface area (Å²) in [5.41, 5.74) is 0.643. The number of hydrogen-bond acceptors (Lipinski definition) is 4. The fraction of sp³-hybridized carbons (Fsp3) is 0.438. The highest BCUT2D eigenvalue weighted by atomic mass is 35.5. The summed E-state index contributed by atoms with van der Waals surface area (Å²) in [6, 6.07) is 3.99. The number of imidazole rings is 1. The number of amides is 1. The van der Waals surface area contributed by atoms with Gasteiger partial charge in [0.05, 0.1) is 5.56 Å². The fourth-order valence-corrected chi connectivity index (χ4v) is 2.82. The van der Waals surface area contributed by atoms with Crippen LogP contribution >= 0.6 is 24.8 Å². The summed E-state index contributed by atoms with van der Waals surface area (Å²) in [4.78, 5) is 23.1. The first-order valence-electron chi connectivity index (χ1n) is 7.75. The summed E-state index contributed by atoms with van der Waals surface area (Å²) in [5.74, 6) is 0.832. The van der Waals surface area contributed by atoms with Crippen molar-refractivity contribution in [2.45, 2.75) is 25.8 Å². The molecular formula is C16H23Cl2N5O. The van der Waals surface area contributed by atoms with Gasteiger partial charge in [0.2, 0.25) is 0 Å². The summed E-state index contributed by atoms with van der Waals surface area (Å²) in [7, 11) is 0. The van der Waals surface area contributed by atoms with E-state index >= 15 is 0 Å². The van der Waals surface area contributed by atoms with Crippen LogP contribution in [0.5, 0.6) is 0 Å². The van der Waals surface area contributed by atoms with Crippen LogP contribution in [0.25, 0.3) is 5.82 Å². The summed E-state index contributed by atoms with van der Waals surface area (Å²) in [5, 5.41) is 3.33. The first-order valence-corrected chi connectivity index (χ1v) is 7.75. The molecule has 0 saturated carbocycles. The van der Waals surface area contributed by atoms with Crippen LogP contribution in [-0.4, -0.2) is 51.0 Å². The van der Waals surface area contributed by atoms with Gasteiger partial charge < -0.3 is 10.2 Å². The summed E-state index contributed by atoms with van der Waals surface area (Å²) in [6.45, 7) is 4.75. The van der Waals surface area contributed by atoms with Crippen molar-refractivity contribution in [3.8, 4) is 5.82 Å². The second-order valence-electron chi connectivity index (χ2n) is 5.52. The molecular weight excluding hydrogens is 349 g/mol. The van der Waals surface area contributed by atoms with Crippen LogP contribution in [0.15, 0.2) is 37.1 Å². The van der Waals surface area contributed by atoms with Crippen molar-refractivity contribution in [1.82, 2.24) is 24.8 Å². The van der Waals surface area contributed by atoms with Crippen LogP contribution < -0.4 is 5.32 Å². The van der Waals surface area contributed by atoms with Crippen molar-refractivity contribution < 1.29 is 4.79 Å². The molecule has 0 aliphatic carbocycles. The first-order chi connectivity index (χ1) is 10.8. The van der Waals surface area contributed by atoms with Gasteiger partial charge in [0.25, 0.3) is 5.91 Å². The predicted molar refractivity (Wildman–Crippen MR) is 98.5 cm³/mol. The highest BCUT2D eigenvalue weighted by Gasteiger charge is 2.26. The van der Waals surface area contributed by atoms with E-state index in [-0.39, 0.29) is 30.7 Å². The Morgan fingerprint density at radius 1 is 1.42 bits per heavy atom. The van der Waals surface area contributed by atoms with Crippen molar-refractivity contribution in [1.29, 1.82) is 0 Å². The maximum atomic E-state index is 12.8.